The second-order valence-corrected chi connectivity index (χ2v) is 6.27. The van der Waals surface area contributed by atoms with Gasteiger partial charge in [0.05, 0.1) is 25.3 Å². The van der Waals surface area contributed by atoms with Crippen molar-refractivity contribution in [2.24, 2.45) is 0 Å². The molecule has 0 saturated heterocycles. The Morgan fingerprint density at radius 3 is 1.69 bits per heavy atom. The Bertz CT molecular complexity index is 1110. The Hall–Kier alpha value is -3.27. The summed E-state index contributed by atoms with van der Waals surface area (Å²) in [5.74, 6) is 1.42. The van der Waals surface area contributed by atoms with Crippen molar-refractivity contribution in [2.45, 2.75) is 6.92 Å². The van der Waals surface area contributed by atoms with Gasteiger partial charge in [0.25, 0.3) is 0 Å². The molecule has 0 N–H and O–H groups in total. The van der Waals surface area contributed by atoms with Gasteiger partial charge in [-0.3, -0.25) is 4.79 Å². The fourth-order valence-electron chi connectivity index (χ4n) is 3.28. The number of rotatable bonds is 3. The average molecular weight is 345 g/mol. The predicted octanol–water partition coefficient (Wildman–Crippen LogP) is 4.47. The quantitative estimate of drug-likeness (QED) is 0.514. The van der Waals surface area contributed by atoms with Gasteiger partial charge in [0, 0.05) is 28.6 Å². The van der Waals surface area contributed by atoms with Gasteiger partial charge >= 0.3 is 0 Å². The molecule has 0 radical (unpaired) electrons. The van der Waals surface area contributed by atoms with E-state index in [1.165, 1.54) is 5.56 Å². The van der Waals surface area contributed by atoms with E-state index in [-0.39, 0.29) is 5.43 Å². The van der Waals surface area contributed by atoms with Crippen LogP contribution in [0.2, 0.25) is 0 Å². The number of hydrogen-bond donors (Lipinski definition) is 0. The van der Waals surface area contributed by atoms with E-state index in [9.17, 15) is 4.79 Å². The first kappa shape index (κ1) is 16.2. The maximum atomic E-state index is 13.0. The van der Waals surface area contributed by atoms with Crippen LogP contribution in [-0.4, -0.2) is 18.8 Å². The second kappa shape index (κ2) is 6.23. The van der Waals surface area contributed by atoms with Crippen LogP contribution in [0, 0.1) is 6.92 Å². The zero-order valence-electron chi connectivity index (χ0n) is 14.9. The standard InChI is InChI=1S/C22H19NO3/c1-14-4-6-15(7-5-14)23-20-12-16(25-2)8-10-18(20)22(24)19-11-9-17(26-3)13-21(19)23/h4-13H,1-3H3. The van der Waals surface area contributed by atoms with Gasteiger partial charge in [-0.25, -0.2) is 0 Å². The van der Waals surface area contributed by atoms with Gasteiger partial charge in [-0.2, -0.15) is 0 Å². The maximum absolute atomic E-state index is 13.0. The number of aryl methyl sites for hydroxylation is 1. The topological polar surface area (TPSA) is 40.5 Å². The third-order valence-electron chi connectivity index (χ3n) is 4.67. The van der Waals surface area contributed by atoms with Gasteiger partial charge < -0.3 is 14.0 Å². The molecule has 0 aliphatic carbocycles. The molecule has 0 atom stereocenters. The average Bonchev–Trinajstić information content (AvgIpc) is 2.68. The van der Waals surface area contributed by atoms with Crippen LogP contribution in [0.1, 0.15) is 5.56 Å². The molecule has 0 amide bonds. The van der Waals surface area contributed by atoms with Crippen molar-refractivity contribution in [3.63, 3.8) is 0 Å². The number of pyridine rings is 1. The van der Waals surface area contributed by atoms with Gasteiger partial charge in [0.15, 0.2) is 5.43 Å². The van der Waals surface area contributed by atoms with Gasteiger partial charge in [-0.1, -0.05) is 17.7 Å². The summed E-state index contributed by atoms with van der Waals surface area (Å²) in [6.45, 7) is 2.05. The lowest BCUT2D eigenvalue weighted by molar-refractivity contribution is 0.415. The van der Waals surface area contributed by atoms with Gasteiger partial charge in [0.2, 0.25) is 0 Å². The van der Waals surface area contributed by atoms with Gasteiger partial charge in [-0.05, 0) is 43.3 Å². The van der Waals surface area contributed by atoms with Crippen LogP contribution >= 0.6 is 0 Å². The molecule has 4 heteroatoms. The van der Waals surface area contributed by atoms with Crippen molar-refractivity contribution < 1.29 is 9.47 Å². The Morgan fingerprint density at radius 2 is 1.23 bits per heavy atom. The summed E-state index contributed by atoms with van der Waals surface area (Å²) in [6.07, 6.45) is 0. The number of ether oxygens (including phenoxy) is 2. The second-order valence-electron chi connectivity index (χ2n) is 6.27. The number of nitrogens with zero attached hydrogens (tertiary/aromatic N) is 1. The van der Waals surface area contributed by atoms with Crippen LogP contribution in [0.25, 0.3) is 27.5 Å². The van der Waals surface area contributed by atoms with Crippen LogP contribution in [0.4, 0.5) is 0 Å². The zero-order valence-corrected chi connectivity index (χ0v) is 14.9. The van der Waals surface area contributed by atoms with Crippen LogP contribution in [0.15, 0.2) is 65.5 Å². The highest BCUT2D eigenvalue weighted by atomic mass is 16.5. The number of aromatic nitrogens is 1. The maximum Gasteiger partial charge on any atom is 0.197 e. The summed E-state index contributed by atoms with van der Waals surface area (Å²) in [4.78, 5) is 13.0. The first-order valence-corrected chi connectivity index (χ1v) is 8.40. The van der Waals surface area contributed by atoms with Gasteiger partial charge in [-0.15, -0.1) is 0 Å². The summed E-state index contributed by atoms with van der Waals surface area (Å²) in [7, 11) is 3.25. The lowest BCUT2D eigenvalue weighted by atomic mass is 10.1. The summed E-state index contributed by atoms with van der Waals surface area (Å²) in [5, 5.41) is 1.31. The Morgan fingerprint density at radius 1 is 0.731 bits per heavy atom. The molecule has 0 aliphatic rings. The molecule has 130 valence electrons. The number of methoxy groups -OCH3 is 2. The molecule has 0 aliphatic heterocycles. The first-order valence-electron chi connectivity index (χ1n) is 8.40. The fraction of sp³-hybridized carbons (Fsp3) is 0.136. The van der Waals surface area contributed by atoms with Crippen LogP contribution in [0.3, 0.4) is 0 Å². The van der Waals surface area contributed by atoms with E-state index >= 15 is 0 Å². The van der Waals surface area contributed by atoms with E-state index in [0.717, 1.165) is 16.7 Å². The largest absolute Gasteiger partial charge is 0.497 e. The van der Waals surface area contributed by atoms with Crippen molar-refractivity contribution in [3.05, 3.63) is 76.5 Å². The van der Waals surface area contributed by atoms with E-state index in [0.29, 0.717) is 22.3 Å². The first-order chi connectivity index (χ1) is 12.6. The SMILES string of the molecule is COc1ccc2c(=O)c3ccc(OC)cc3n(-c3ccc(C)cc3)c2c1. The molecule has 26 heavy (non-hydrogen) atoms. The Kier molecular flexibility index (Phi) is 3.88. The molecule has 1 heterocycles. The van der Waals surface area contributed by atoms with Crippen molar-refractivity contribution in [2.75, 3.05) is 14.2 Å². The summed E-state index contributed by atoms with van der Waals surface area (Å²) in [5.41, 5.74) is 3.77. The zero-order chi connectivity index (χ0) is 18.3. The normalized spacial score (nSPS) is 11.0. The van der Waals surface area contributed by atoms with E-state index in [1.54, 1.807) is 14.2 Å². The van der Waals surface area contributed by atoms with Crippen molar-refractivity contribution >= 4 is 21.8 Å². The molecular weight excluding hydrogens is 326 g/mol. The summed E-state index contributed by atoms with van der Waals surface area (Å²) in [6, 6.07) is 19.3. The molecule has 0 spiro atoms. The molecule has 0 unspecified atom stereocenters. The lowest BCUT2D eigenvalue weighted by Gasteiger charge is -2.17. The van der Waals surface area contributed by atoms with E-state index in [2.05, 4.69) is 35.8 Å². The minimum absolute atomic E-state index is 0.00340. The number of hydrogen-bond acceptors (Lipinski definition) is 3. The monoisotopic (exact) mass is 345 g/mol. The fourth-order valence-corrected chi connectivity index (χ4v) is 3.28. The molecule has 1 aromatic heterocycles. The highest BCUT2D eigenvalue weighted by molar-refractivity contribution is 5.96. The lowest BCUT2D eigenvalue weighted by Crippen LogP contribution is -2.10. The summed E-state index contributed by atoms with van der Waals surface area (Å²) < 4.78 is 12.9. The molecular formula is C22H19NO3. The molecule has 0 bridgehead atoms. The van der Waals surface area contributed by atoms with Gasteiger partial charge in [0.1, 0.15) is 11.5 Å². The number of benzene rings is 3. The van der Waals surface area contributed by atoms with E-state index < -0.39 is 0 Å². The number of fused-ring (bicyclic) bond motifs is 2. The molecule has 0 saturated carbocycles. The van der Waals surface area contributed by atoms with Crippen molar-refractivity contribution in [3.8, 4) is 17.2 Å². The van der Waals surface area contributed by atoms with Crippen molar-refractivity contribution in [1.29, 1.82) is 0 Å². The Balaban J connectivity index is 2.23. The minimum Gasteiger partial charge on any atom is -0.497 e. The third kappa shape index (κ3) is 2.51. The molecule has 4 aromatic rings. The van der Waals surface area contributed by atoms with Crippen molar-refractivity contribution in [1.82, 2.24) is 4.57 Å². The highest BCUT2D eigenvalue weighted by Crippen LogP contribution is 2.29. The summed E-state index contributed by atoms with van der Waals surface area (Å²) >= 11 is 0. The van der Waals surface area contributed by atoms with E-state index in [1.807, 2.05) is 36.4 Å². The molecule has 3 aromatic carbocycles. The highest BCUT2D eigenvalue weighted by Gasteiger charge is 2.14. The molecule has 4 rings (SSSR count). The van der Waals surface area contributed by atoms with Crippen LogP contribution in [-0.2, 0) is 0 Å². The Labute approximate surface area is 151 Å². The third-order valence-corrected chi connectivity index (χ3v) is 4.67. The van der Waals surface area contributed by atoms with Crippen LogP contribution in [0.5, 0.6) is 11.5 Å². The predicted molar refractivity (Wildman–Crippen MR) is 105 cm³/mol. The van der Waals surface area contributed by atoms with E-state index in [4.69, 9.17) is 9.47 Å². The van der Waals surface area contributed by atoms with Crippen LogP contribution < -0.4 is 14.9 Å². The molecule has 0 fully saturated rings. The smallest absolute Gasteiger partial charge is 0.197 e. The minimum atomic E-state index is 0.00340. The molecule has 4 nitrogen and oxygen atoms in total.